The van der Waals surface area contributed by atoms with Crippen molar-refractivity contribution in [2.24, 2.45) is 5.92 Å². The Balaban J connectivity index is 1.50. The predicted octanol–water partition coefficient (Wildman–Crippen LogP) is 5.02. The van der Waals surface area contributed by atoms with Gasteiger partial charge in [-0.1, -0.05) is 24.6 Å². The summed E-state index contributed by atoms with van der Waals surface area (Å²) < 4.78 is 0.595. The van der Waals surface area contributed by atoms with E-state index in [1.807, 2.05) is 0 Å². The standard InChI is InChI=1S/C20H25ClN2O2S2/c1-14-8-10-23(11-9-14)15(17-3-2-12-26-17)13-22-20(25)7-4-16(24)18-5-6-19(21)27-18/h2-3,5-6,12,14-15H,4,7-11,13H2,1H3,(H,22,25). The summed E-state index contributed by atoms with van der Waals surface area (Å²) in [5, 5.41) is 5.13. The number of halogens is 1. The van der Waals surface area contributed by atoms with Crippen molar-refractivity contribution in [1.29, 1.82) is 0 Å². The molecule has 2 aromatic rings. The van der Waals surface area contributed by atoms with Crippen LogP contribution >= 0.6 is 34.3 Å². The molecule has 2 aromatic heterocycles. The summed E-state index contributed by atoms with van der Waals surface area (Å²) in [6.07, 6.45) is 2.83. The largest absolute Gasteiger partial charge is 0.354 e. The van der Waals surface area contributed by atoms with Crippen molar-refractivity contribution in [3.8, 4) is 0 Å². The van der Waals surface area contributed by atoms with Crippen LogP contribution in [0.4, 0.5) is 0 Å². The number of carbonyl (C=O) groups is 2. The Labute approximate surface area is 173 Å². The van der Waals surface area contributed by atoms with Gasteiger partial charge in [-0.05, 0) is 55.4 Å². The number of nitrogens with zero attached hydrogens (tertiary/aromatic N) is 1. The van der Waals surface area contributed by atoms with E-state index in [0.29, 0.717) is 15.8 Å². The minimum absolute atomic E-state index is 0.0260. The number of piperidine rings is 1. The monoisotopic (exact) mass is 424 g/mol. The zero-order valence-corrected chi connectivity index (χ0v) is 17.8. The van der Waals surface area contributed by atoms with Crippen LogP contribution in [0.1, 0.15) is 53.2 Å². The molecule has 27 heavy (non-hydrogen) atoms. The first-order valence-electron chi connectivity index (χ1n) is 9.35. The first-order valence-corrected chi connectivity index (χ1v) is 11.4. The van der Waals surface area contributed by atoms with Crippen LogP contribution in [0.15, 0.2) is 29.6 Å². The molecule has 3 heterocycles. The maximum atomic E-state index is 12.3. The van der Waals surface area contributed by atoms with Crippen molar-refractivity contribution < 1.29 is 9.59 Å². The van der Waals surface area contributed by atoms with Crippen LogP contribution in [0, 0.1) is 5.92 Å². The summed E-state index contributed by atoms with van der Waals surface area (Å²) in [6.45, 7) is 5.03. The van der Waals surface area contributed by atoms with Gasteiger partial charge in [0.05, 0.1) is 15.3 Å². The van der Waals surface area contributed by atoms with Crippen molar-refractivity contribution in [2.75, 3.05) is 19.6 Å². The summed E-state index contributed by atoms with van der Waals surface area (Å²) in [5.41, 5.74) is 0. The molecule has 0 bridgehead atoms. The number of amides is 1. The van der Waals surface area contributed by atoms with Crippen LogP contribution in [0.2, 0.25) is 4.34 Å². The summed E-state index contributed by atoms with van der Waals surface area (Å²) in [6, 6.07) is 7.85. The van der Waals surface area contributed by atoms with Crippen LogP contribution in [0.3, 0.4) is 0 Å². The molecule has 0 saturated carbocycles. The van der Waals surface area contributed by atoms with E-state index in [1.54, 1.807) is 23.5 Å². The van der Waals surface area contributed by atoms with Gasteiger partial charge in [0, 0.05) is 24.3 Å². The molecule has 1 N–H and O–H groups in total. The summed E-state index contributed by atoms with van der Waals surface area (Å²) in [5.74, 6) is 0.677. The third-order valence-corrected chi connectivity index (χ3v) is 7.30. The molecule has 1 aliphatic heterocycles. The van der Waals surface area contributed by atoms with E-state index in [9.17, 15) is 9.59 Å². The maximum Gasteiger partial charge on any atom is 0.220 e. The lowest BCUT2D eigenvalue weighted by Gasteiger charge is -2.36. The van der Waals surface area contributed by atoms with Crippen molar-refractivity contribution in [3.05, 3.63) is 43.7 Å². The number of hydrogen-bond donors (Lipinski definition) is 1. The molecule has 3 rings (SSSR count). The molecular weight excluding hydrogens is 400 g/mol. The molecule has 1 amide bonds. The highest BCUT2D eigenvalue weighted by Crippen LogP contribution is 2.29. The molecular formula is C20H25ClN2O2S2. The zero-order chi connectivity index (χ0) is 19.2. The number of nitrogens with one attached hydrogen (secondary N) is 1. The highest BCUT2D eigenvalue weighted by Gasteiger charge is 2.25. The molecule has 1 atom stereocenters. The van der Waals surface area contributed by atoms with E-state index >= 15 is 0 Å². The number of ketones is 1. The van der Waals surface area contributed by atoms with Gasteiger partial charge in [0.15, 0.2) is 5.78 Å². The van der Waals surface area contributed by atoms with Crippen LogP contribution in [-0.2, 0) is 4.79 Å². The Bertz CT molecular complexity index is 752. The number of carbonyl (C=O) groups excluding carboxylic acids is 2. The number of hydrogen-bond acceptors (Lipinski definition) is 5. The molecule has 0 spiro atoms. The first kappa shape index (κ1) is 20.5. The van der Waals surface area contributed by atoms with Crippen LogP contribution in [0.25, 0.3) is 0 Å². The van der Waals surface area contributed by atoms with E-state index < -0.39 is 0 Å². The number of likely N-dealkylation sites (tertiary alicyclic amines) is 1. The van der Waals surface area contributed by atoms with Gasteiger partial charge in [0.1, 0.15) is 0 Å². The van der Waals surface area contributed by atoms with Gasteiger partial charge < -0.3 is 5.32 Å². The average molecular weight is 425 g/mol. The smallest absolute Gasteiger partial charge is 0.220 e. The van der Waals surface area contributed by atoms with Crippen LogP contribution < -0.4 is 5.32 Å². The SMILES string of the molecule is CC1CCN(C(CNC(=O)CCC(=O)c2ccc(Cl)s2)c2cccs2)CC1. The zero-order valence-electron chi connectivity index (χ0n) is 15.4. The molecule has 1 aliphatic rings. The molecule has 1 saturated heterocycles. The lowest BCUT2D eigenvalue weighted by atomic mass is 9.97. The molecule has 1 fully saturated rings. The number of thiophene rings is 2. The topological polar surface area (TPSA) is 49.4 Å². The van der Waals surface area contributed by atoms with E-state index in [1.165, 1.54) is 29.1 Å². The van der Waals surface area contributed by atoms with Gasteiger partial charge in [0.25, 0.3) is 0 Å². The Morgan fingerprint density at radius 3 is 2.67 bits per heavy atom. The second-order valence-electron chi connectivity index (χ2n) is 7.08. The second kappa shape index (κ2) is 9.82. The second-order valence-corrected chi connectivity index (χ2v) is 9.78. The molecule has 146 valence electrons. The highest BCUT2D eigenvalue weighted by atomic mass is 35.5. The molecule has 7 heteroatoms. The molecule has 4 nitrogen and oxygen atoms in total. The van der Waals surface area contributed by atoms with Gasteiger partial charge in [-0.15, -0.1) is 22.7 Å². The van der Waals surface area contributed by atoms with Gasteiger partial charge >= 0.3 is 0 Å². The normalized spacial score (nSPS) is 17.0. The van der Waals surface area contributed by atoms with E-state index in [2.05, 4.69) is 34.7 Å². The first-order chi connectivity index (χ1) is 13.0. The van der Waals surface area contributed by atoms with Crippen molar-refractivity contribution >= 4 is 46.0 Å². The van der Waals surface area contributed by atoms with Gasteiger partial charge in [-0.2, -0.15) is 0 Å². The maximum absolute atomic E-state index is 12.3. The fraction of sp³-hybridized carbons (Fsp3) is 0.500. The molecule has 0 aromatic carbocycles. The molecule has 0 radical (unpaired) electrons. The molecule has 0 aliphatic carbocycles. The summed E-state index contributed by atoms with van der Waals surface area (Å²) >= 11 is 8.87. The Kier molecular flexibility index (Phi) is 7.47. The third-order valence-electron chi connectivity index (χ3n) is 5.05. The lowest BCUT2D eigenvalue weighted by molar-refractivity contribution is -0.121. The third kappa shape index (κ3) is 5.88. The Hall–Kier alpha value is -1.21. The Morgan fingerprint density at radius 2 is 2.04 bits per heavy atom. The van der Waals surface area contributed by atoms with Crippen molar-refractivity contribution in [3.63, 3.8) is 0 Å². The average Bonchev–Trinajstić information content (AvgIpc) is 3.33. The lowest BCUT2D eigenvalue weighted by Crippen LogP contribution is -2.41. The van der Waals surface area contributed by atoms with E-state index in [0.717, 1.165) is 19.0 Å². The minimum Gasteiger partial charge on any atom is -0.354 e. The summed E-state index contributed by atoms with van der Waals surface area (Å²) in [7, 11) is 0. The quantitative estimate of drug-likeness (QED) is 0.605. The summed E-state index contributed by atoms with van der Waals surface area (Å²) in [4.78, 5) is 28.8. The van der Waals surface area contributed by atoms with Crippen LogP contribution in [0.5, 0.6) is 0 Å². The fourth-order valence-corrected chi connectivity index (χ4v) is 5.22. The number of rotatable bonds is 8. The minimum atomic E-state index is -0.0714. The van der Waals surface area contributed by atoms with E-state index in [-0.39, 0.29) is 30.6 Å². The van der Waals surface area contributed by atoms with Crippen LogP contribution in [-0.4, -0.2) is 36.2 Å². The predicted molar refractivity (Wildman–Crippen MR) is 113 cm³/mol. The van der Waals surface area contributed by atoms with Crippen molar-refractivity contribution in [2.45, 2.75) is 38.6 Å². The fourth-order valence-electron chi connectivity index (χ4n) is 3.34. The number of Topliss-reactive ketones (excluding diaryl/α,β-unsaturated/α-hetero) is 1. The highest BCUT2D eigenvalue weighted by molar-refractivity contribution is 7.18. The van der Waals surface area contributed by atoms with Gasteiger partial charge in [0.2, 0.25) is 5.91 Å². The van der Waals surface area contributed by atoms with Gasteiger partial charge in [-0.25, -0.2) is 0 Å². The van der Waals surface area contributed by atoms with Crippen molar-refractivity contribution in [1.82, 2.24) is 10.2 Å². The Morgan fingerprint density at radius 1 is 1.26 bits per heavy atom. The van der Waals surface area contributed by atoms with Gasteiger partial charge in [-0.3, -0.25) is 14.5 Å². The van der Waals surface area contributed by atoms with E-state index in [4.69, 9.17) is 11.6 Å². The molecule has 1 unspecified atom stereocenters.